The number of benzene rings is 1. The van der Waals surface area contributed by atoms with Crippen molar-refractivity contribution >= 4 is 17.3 Å². The van der Waals surface area contributed by atoms with Crippen LogP contribution in [0.25, 0.3) is 11.3 Å². The summed E-state index contributed by atoms with van der Waals surface area (Å²) in [6.45, 7) is 3.42. The number of rotatable bonds is 6. The molecule has 0 aliphatic heterocycles. The van der Waals surface area contributed by atoms with Gasteiger partial charge in [0.05, 0.1) is 23.2 Å². The second-order valence-corrected chi connectivity index (χ2v) is 4.65. The van der Waals surface area contributed by atoms with E-state index in [1.165, 1.54) is 12.3 Å². The molecule has 106 valence electrons. The van der Waals surface area contributed by atoms with E-state index in [1.54, 1.807) is 12.1 Å². The van der Waals surface area contributed by atoms with Crippen LogP contribution in [0.2, 0.25) is 5.02 Å². The molecule has 0 radical (unpaired) electrons. The van der Waals surface area contributed by atoms with Gasteiger partial charge in [-0.1, -0.05) is 18.5 Å². The van der Waals surface area contributed by atoms with Gasteiger partial charge in [0.2, 0.25) is 5.89 Å². The van der Waals surface area contributed by atoms with E-state index in [-0.39, 0.29) is 5.69 Å². The number of halogens is 1. The molecule has 0 saturated carbocycles. The van der Waals surface area contributed by atoms with Crippen LogP contribution in [-0.4, -0.2) is 16.5 Å². The Balaban J connectivity index is 2.25. The Kier molecular flexibility index (Phi) is 4.70. The summed E-state index contributed by atoms with van der Waals surface area (Å²) in [7, 11) is 0. The summed E-state index contributed by atoms with van der Waals surface area (Å²) >= 11 is 5.78. The third-order valence-corrected chi connectivity index (χ3v) is 2.91. The highest BCUT2D eigenvalue weighted by Gasteiger charge is 2.19. The van der Waals surface area contributed by atoms with E-state index in [9.17, 15) is 10.1 Å². The Labute approximate surface area is 120 Å². The van der Waals surface area contributed by atoms with Crippen molar-refractivity contribution in [2.45, 2.75) is 19.9 Å². The van der Waals surface area contributed by atoms with Crippen molar-refractivity contribution in [3.8, 4) is 11.3 Å². The minimum Gasteiger partial charge on any atom is -0.439 e. The van der Waals surface area contributed by atoms with Crippen LogP contribution >= 0.6 is 11.6 Å². The summed E-state index contributed by atoms with van der Waals surface area (Å²) in [4.78, 5) is 14.7. The average Bonchev–Trinajstić information content (AvgIpc) is 2.87. The number of nitro benzene ring substituents is 1. The molecule has 1 N–H and O–H groups in total. The van der Waals surface area contributed by atoms with Crippen LogP contribution in [-0.2, 0) is 6.54 Å². The predicted molar refractivity (Wildman–Crippen MR) is 75.6 cm³/mol. The van der Waals surface area contributed by atoms with Crippen molar-refractivity contribution in [3.05, 3.63) is 45.4 Å². The zero-order chi connectivity index (χ0) is 14.5. The summed E-state index contributed by atoms with van der Waals surface area (Å²) in [5.41, 5.74) is 0.273. The highest BCUT2D eigenvalue weighted by Crippen LogP contribution is 2.32. The van der Waals surface area contributed by atoms with Gasteiger partial charge in [-0.25, -0.2) is 4.98 Å². The zero-order valence-corrected chi connectivity index (χ0v) is 11.7. The van der Waals surface area contributed by atoms with E-state index in [2.05, 4.69) is 17.2 Å². The monoisotopic (exact) mass is 295 g/mol. The average molecular weight is 296 g/mol. The third kappa shape index (κ3) is 3.34. The standard InChI is InChI=1S/C13H14ClN3O3/c1-2-5-15-8-13-16-7-12(20-13)10-4-3-9(14)6-11(10)17(18)19/h3-4,6-7,15H,2,5,8H2,1H3. The molecule has 0 spiro atoms. The molecule has 0 aliphatic rings. The van der Waals surface area contributed by atoms with Crippen molar-refractivity contribution in [2.24, 2.45) is 0 Å². The van der Waals surface area contributed by atoms with Gasteiger partial charge >= 0.3 is 0 Å². The molecule has 1 heterocycles. The van der Waals surface area contributed by atoms with E-state index in [0.717, 1.165) is 13.0 Å². The second kappa shape index (κ2) is 6.49. The van der Waals surface area contributed by atoms with Crippen LogP contribution in [0.3, 0.4) is 0 Å². The number of hydrogen-bond acceptors (Lipinski definition) is 5. The van der Waals surface area contributed by atoms with Crippen molar-refractivity contribution in [1.29, 1.82) is 0 Å². The topological polar surface area (TPSA) is 81.2 Å². The summed E-state index contributed by atoms with van der Waals surface area (Å²) in [6, 6.07) is 4.44. The van der Waals surface area contributed by atoms with E-state index in [0.29, 0.717) is 28.8 Å². The molecule has 0 unspecified atom stereocenters. The molecule has 1 aromatic heterocycles. The van der Waals surface area contributed by atoms with Crippen molar-refractivity contribution in [3.63, 3.8) is 0 Å². The minimum absolute atomic E-state index is 0.0956. The lowest BCUT2D eigenvalue weighted by Crippen LogP contribution is -2.13. The second-order valence-electron chi connectivity index (χ2n) is 4.21. The summed E-state index contributed by atoms with van der Waals surface area (Å²) in [5.74, 6) is 0.861. The molecular weight excluding hydrogens is 282 g/mol. The fraction of sp³-hybridized carbons (Fsp3) is 0.308. The van der Waals surface area contributed by atoms with Crippen molar-refractivity contribution < 1.29 is 9.34 Å². The highest BCUT2D eigenvalue weighted by molar-refractivity contribution is 6.30. The van der Waals surface area contributed by atoms with Gasteiger partial charge in [0.25, 0.3) is 5.69 Å². The number of oxazole rings is 1. The van der Waals surface area contributed by atoms with Gasteiger partial charge in [-0.3, -0.25) is 10.1 Å². The summed E-state index contributed by atoms with van der Waals surface area (Å²) in [5, 5.41) is 14.5. The first-order chi connectivity index (χ1) is 9.61. The molecule has 0 saturated heterocycles. The van der Waals surface area contributed by atoms with Gasteiger partial charge in [-0.2, -0.15) is 0 Å². The molecule has 7 heteroatoms. The van der Waals surface area contributed by atoms with E-state index >= 15 is 0 Å². The first kappa shape index (κ1) is 14.5. The van der Waals surface area contributed by atoms with Crippen LogP contribution in [0.1, 0.15) is 19.2 Å². The largest absolute Gasteiger partial charge is 0.439 e. The van der Waals surface area contributed by atoms with E-state index in [1.807, 2.05) is 0 Å². The maximum atomic E-state index is 11.0. The Hall–Kier alpha value is -1.92. The maximum absolute atomic E-state index is 11.0. The molecule has 0 fully saturated rings. The lowest BCUT2D eigenvalue weighted by atomic mass is 10.1. The molecular formula is C13H14ClN3O3. The van der Waals surface area contributed by atoms with Crippen molar-refractivity contribution in [2.75, 3.05) is 6.54 Å². The third-order valence-electron chi connectivity index (χ3n) is 2.68. The van der Waals surface area contributed by atoms with Crippen LogP contribution in [0.5, 0.6) is 0 Å². The molecule has 1 aromatic carbocycles. The Bertz CT molecular complexity index is 613. The lowest BCUT2D eigenvalue weighted by Gasteiger charge is -2.00. The van der Waals surface area contributed by atoms with Crippen LogP contribution < -0.4 is 5.32 Å². The van der Waals surface area contributed by atoms with Crippen LogP contribution in [0, 0.1) is 10.1 Å². The van der Waals surface area contributed by atoms with Gasteiger partial charge in [-0.05, 0) is 25.1 Å². The maximum Gasteiger partial charge on any atom is 0.281 e. The molecule has 6 nitrogen and oxygen atoms in total. The number of nitrogens with one attached hydrogen (secondary N) is 1. The molecule has 0 aliphatic carbocycles. The molecule has 2 rings (SSSR count). The number of aromatic nitrogens is 1. The quantitative estimate of drug-likeness (QED) is 0.502. The minimum atomic E-state index is -0.487. The zero-order valence-electron chi connectivity index (χ0n) is 10.9. The van der Waals surface area contributed by atoms with E-state index in [4.69, 9.17) is 16.0 Å². The molecule has 0 atom stereocenters. The van der Waals surface area contributed by atoms with Gasteiger partial charge in [-0.15, -0.1) is 0 Å². The molecule has 0 bridgehead atoms. The van der Waals surface area contributed by atoms with Gasteiger partial charge in [0.1, 0.15) is 0 Å². The summed E-state index contributed by atoms with van der Waals surface area (Å²) < 4.78 is 5.53. The molecule has 20 heavy (non-hydrogen) atoms. The normalized spacial score (nSPS) is 10.7. The fourth-order valence-corrected chi connectivity index (χ4v) is 1.92. The Morgan fingerprint density at radius 3 is 3.00 bits per heavy atom. The predicted octanol–water partition coefficient (Wildman–Crippen LogP) is 3.40. The van der Waals surface area contributed by atoms with Crippen LogP contribution in [0.15, 0.2) is 28.8 Å². The van der Waals surface area contributed by atoms with E-state index < -0.39 is 4.92 Å². The van der Waals surface area contributed by atoms with Gasteiger partial charge in [0, 0.05) is 11.1 Å². The smallest absolute Gasteiger partial charge is 0.281 e. The number of nitrogens with zero attached hydrogens (tertiary/aromatic N) is 2. The SMILES string of the molecule is CCCNCc1ncc(-c2ccc(Cl)cc2[N+](=O)[O-])o1. The molecule has 0 amide bonds. The first-order valence-corrected chi connectivity index (χ1v) is 6.59. The Morgan fingerprint density at radius 1 is 1.50 bits per heavy atom. The lowest BCUT2D eigenvalue weighted by molar-refractivity contribution is -0.384. The molecule has 2 aromatic rings. The van der Waals surface area contributed by atoms with Gasteiger partial charge < -0.3 is 9.73 Å². The first-order valence-electron chi connectivity index (χ1n) is 6.21. The van der Waals surface area contributed by atoms with Crippen molar-refractivity contribution in [1.82, 2.24) is 10.3 Å². The highest BCUT2D eigenvalue weighted by atomic mass is 35.5. The van der Waals surface area contributed by atoms with Crippen LogP contribution in [0.4, 0.5) is 5.69 Å². The fourth-order valence-electron chi connectivity index (χ4n) is 1.75. The Morgan fingerprint density at radius 2 is 2.30 bits per heavy atom. The summed E-state index contributed by atoms with van der Waals surface area (Å²) in [6.07, 6.45) is 2.50. The van der Waals surface area contributed by atoms with Gasteiger partial charge in [0.15, 0.2) is 5.76 Å². The number of hydrogen-bond donors (Lipinski definition) is 1. The number of nitro groups is 1.